The Hall–Kier alpha value is -6.72. The van der Waals surface area contributed by atoms with Gasteiger partial charge >= 0.3 is 0 Å². The summed E-state index contributed by atoms with van der Waals surface area (Å²) >= 11 is 0. The number of benzene rings is 4. The second-order valence-electron chi connectivity index (χ2n) is 12.2. The molecular formula is C44H30N4O. The first-order valence-corrected chi connectivity index (χ1v) is 16.3. The van der Waals surface area contributed by atoms with Crippen molar-refractivity contribution >= 4 is 46.4 Å². The van der Waals surface area contributed by atoms with Crippen molar-refractivity contribution in [3.05, 3.63) is 162 Å². The number of aromatic amines is 2. The third-order valence-electron chi connectivity index (χ3n) is 9.03. The van der Waals surface area contributed by atoms with Crippen molar-refractivity contribution in [1.82, 2.24) is 19.9 Å². The number of hydrogen-bond donors (Lipinski definition) is 3. The maximum atomic E-state index is 10.5. The first kappa shape index (κ1) is 28.5. The highest BCUT2D eigenvalue weighted by Crippen LogP contribution is 2.39. The minimum atomic E-state index is 0.210. The molecule has 4 aromatic carbocycles. The van der Waals surface area contributed by atoms with Gasteiger partial charge in [0, 0.05) is 38.8 Å². The maximum Gasteiger partial charge on any atom is 0.116 e. The average Bonchev–Trinajstić information content (AvgIpc) is 3.97. The largest absolute Gasteiger partial charge is 0.508 e. The maximum absolute atomic E-state index is 10.5. The number of aromatic nitrogens is 4. The molecule has 2 aliphatic rings. The van der Waals surface area contributed by atoms with E-state index in [1.54, 1.807) is 12.1 Å². The Bertz CT molecular complexity index is 2600. The van der Waals surface area contributed by atoms with Gasteiger partial charge in [-0.3, -0.25) is 0 Å². The molecule has 7 aromatic rings. The molecule has 0 unspecified atom stereocenters. The number of nitrogens with one attached hydrogen (secondary N) is 2. The molecule has 0 atom stereocenters. The summed E-state index contributed by atoms with van der Waals surface area (Å²) in [6.45, 7) is 0. The molecule has 0 fully saturated rings. The van der Waals surface area contributed by atoms with Gasteiger partial charge in [0.1, 0.15) is 5.75 Å². The van der Waals surface area contributed by atoms with Gasteiger partial charge in [-0.25, -0.2) is 9.97 Å². The third kappa shape index (κ3) is 5.24. The predicted octanol–water partition coefficient (Wildman–Crippen LogP) is 11.0. The first-order valence-electron chi connectivity index (χ1n) is 16.3. The highest BCUT2D eigenvalue weighted by molar-refractivity contribution is 6.01. The van der Waals surface area contributed by atoms with E-state index < -0.39 is 0 Å². The summed E-state index contributed by atoms with van der Waals surface area (Å²) in [4.78, 5) is 18.0. The van der Waals surface area contributed by atoms with Crippen LogP contribution in [-0.4, -0.2) is 25.0 Å². The van der Waals surface area contributed by atoms with Gasteiger partial charge < -0.3 is 15.1 Å². The second kappa shape index (κ2) is 11.8. The molecule has 0 saturated heterocycles. The molecule has 3 aromatic heterocycles. The van der Waals surface area contributed by atoms with Gasteiger partial charge in [-0.2, -0.15) is 0 Å². The smallest absolute Gasteiger partial charge is 0.116 e. The molecule has 0 saturated carbocycles. The van der Waals surface area contributed by atoms with Crippen LogP contribution in [0.3, 0.4) is 0 Å². The predicted molar refractivity (Wildman–Crippen MR) is 202 cm³/mol. The second-order valence-corrected chi connectivity index (χ2v) is 12.2. The normalized spacial score (nSPS) is 12.0. The highest BCUT2D eigenvalue weighted by atomic mass is 16.3. The van der Waals surface area contributed by atoms with Crippen LogP contribution in [0.25, 0.3) is 90.9 Å². The Labute approximate surface area is 283 Å². The molecule has 49 heavy (non-hydrogen) atoms. The SMILES string of the molecule is Oc1cccc(-c2cc3cc4nc(c(-c5ccccc5)c5ccc([nH]5)c(-c5ccccc5)c5nc(c(-c6ccccc6)c2[nH]3)C=C5)C=C4)c1. The molecule has 5 heteroatoms. The number of H-pyrrole nitrogens is 2. The van der Waals surface area contributed by atoms with Crippen LogP contribution < -0.4 is 0 Å². The van der Waals surface area contributed by atoms with Crippen molar-refractivity contribution in [1.29, 1.82) is 0 Å². The van der Waals surface area contributed by atoms with Crippen molar-refractivity contribution in [3.8, 4) is 50.3 Å². The molecule has 5 heterocycles. The Kier molecular flexibility index (Phi) is 6.87. The third-order valence-corrected chi connectivity index (χ3v) is 9.03. The zero-order valence-corrected chi connectivity index (χ0v) is 26.4. The fourth-order valence-corrected chi connectivity index (χ4v) is 6.85. The molecule has 0 amide bonds. The van der Waals surface area contributed by atoms with Crippen molar-refractivity contribution in [3.63, 3.8) is 0 Å². The van der Waals surface area contributed by atoms with Gasteiger partial charge in [-0.15, -0.1) is 0 Å². The quantitative estimate of drug-likeness (QED) is 0.181. The summed E-state index contributed by atoms with van der Waals surface area (Å²) in [7, 11) is 0. The van der Waals surface area contributed by atoms with E-state index in [2.05, 4.69) is 119 Å². The zero-order chi connectivity index (χ0) is 32.7. The van der Waals surface area contributed by atoms with Crippen LogP contribution >= 0.6 is 0 Å². The Morgan fingerprint density at radius 3 is 1.57 bits per heavy atom. The fraction of sp³-hybridized carbons (Fsp3) is 0. The summed E-state index contributed by atoms with van der Waals surface area (Å²) < 4.78 is 0. The monoisotopic (exact) mass is 630 g/mol. The van der Waals surface area contributed by atoms with Gasteiger partial charge in [-0.05, 0) is 83.0 Å². The molecule has 9 rings (SSSR count). The summed E-state index contributed by atoms with van der Waals surface area (Å²) in [5.41, 5.74) is 15.2. The molecule has 3 N–H and O–H groups in total. The van der Waals surface area contributed by atoms with E-state index >= 15 is 0 Å². The lowest BCUT2D eigenvalue weighted by atomic mass is 9.99. The lowest BCUT2D eigenvalue weighted by Gasteiger charge is -2.08. The van der Waals surface area contributed by atoms with Crippen molar-refractivity contribution in [2.75, 3.05) is 0 Å². The number of fused-ring (bicyclic) bond motifs is 8. The van der Waals surface area contributed by atoms with Crippen molar-refractivity contribution in [2.24, 2.45) is 0 Å². The van der Waals surface area contributed by atoms with E-state index in [1.165, 1.54) is 0 Å². The van der Waals surface area contributed by atoms with Gasteiger partial charge in [-0.1, -0.05) is 103 Å². The summed E-state index contributed by atoms with van der Waals surface area (Å²) in [5.74, 6) is 0.210. The van der Waals surface area contributed by atoms with E-state index in [9.17, 15) is 5.11 Å². The standard InChI is InChI=1S/C44H30N4O/c49-34-18-10-17-31(25-34)35-27-33-26-32-19-20-36(45-32)41(28-11-4-1-5-12-28)37-21-22-38(47-37)42(29-13-6-2-7-14-29)39-23-24-40(48-39)43(44(35)46-33)30-15-8-3-9-16-30/h1-27,46-47,49H. The Balaban J connectivity index is 1.48. The van der Waals surface area contributed by atoms with Crippen molar-refractivity contribution in [2.45, 2.75) is 0 Å². The van der Waals surface area contributed by atoms with Crippen LogP contribution in [0.1, 0.15) is 22.8 Å². The van der Waals surface area contributed by atoms with Gasteiger partial charge in [0.25, 0.3) is 0 Å². The molecule has 0 radical (unpaired) electrons. The van der Waals surface area contributed by atoms with Crippen LogP contribution in [0.15, 0.2) is 140 Å². The number of rotatable bonds is 4. The highest BCUT2D eigenvalue weighted by Gasteiger charge is 2.18. The van der Waals surface area contributed by atoms with E-state index in [0.717, 1.165) is 89.4 Å². The van der Waals surface area contributed by atoms with E-state index in [1.807, 2.05) is 42.5 Å². The summed E-state index contributed by atoms with van der Waals surface area (Å²) in [6, 6.07) is 47.0. The Morgan fingerprint density at radius 1 is 0.429 bits per heavy atom. The minimum absolute atomic E-state index is 0.210. The van der Waals surface area contributed by atoms with Crippen LogP contribution in [0.5, 0.6) is 5.75 Å². The van der Waals surface area contributed by atoms with Crippen LogP contribution in [0.4, 0.5) is 0 Å². The molecule has 232 valence electrons. The number of aromatic hydroxyl groups is 1. The zero-order valence-electron chi connectivity index (χ0n) is 26.4. The van der Waals surface area contributed by atoms with E-state index in [4.69, 9.17) is 9.97 Å². The van der Waals surface area contributed by atoms with Crippen LogP contribution in [0.2, 0.25) is 0 Å². The summed E-state index contributed by atoms with van der Waals surface area (Å²) in [6.07, 6.45) is 8.35. The molecule has 2 aliphatic heterocycles. The van der Waals surface area contributed by atoms with Crippen LogP contribution in [-0.2, 0) is 0 Å². The fourth-order valence-electron chi connectivity index (χ4n) is 6.85. The van der Waals surface area contributed by atoms with E-state index in [-0.39, 0.29) is 5.75 Å². The lowest BCUT2D eigenvalue weighted by Crippen LogP contribution is -1.89. The number of phenolic OH excluding ortho intramolecular Hbond substituents is 1. The summed E-state index contributed by atoms with van der Waals surface area (Å²) in [5, 5.41) is 10.5. The van der Waals surface area contributed by atoms with E-state index in [0.29, 0.717) is 0 Å². The van der Waals surface area contributed by atoms with Gasteiger partial charge in [0.2, 0.25) is 0 Å². The Morgan fingerprint density at radius 2 is 0.959 bits per heavy atom. The van der Waals surface area contributed by atoms with Crippen LogP contribution in [0, 0.1) is 0 Å². The average molecular weight is 631 g/mol. The number of nitrogens with zero attached hydrogens (tertiary/aromatic N) is 2. The number of hydrogen-bond acceptors (Lipinski definition) is 3. The topological polar surface area (TPSA) is 77.6 Å². The minimum Gasteiger partial charge on any atom is -0.508 e. The van der Waals surface area contributed by atoms with Gasteiger partial charge in [0.05, 0.1) is 28.3 Å². The molecule has 5 nitrogen and oxygen atoms in total. The van der Waals surface area contributed by atoms with Gasteiger partial charge in [0.15, 0.2) is 0 Å². The lowest BCUT2D eigenvalue weighted by molar-refractivity contribution is 0.475. The first-order chi connectivity index (χ1) is 24.2. The molecular weight excluding hydrogens is 601 g/mol. The molecule has 0 spiro atoms. The number of phenols is 1. The molecule has 0 aliphatic carbocycles. The van der Waals surface area contributed by atoms with Crippen molar-refractivity contribution < 1.29 is 5.11 Å². The molecule has 8 bridgehead atoms.